The van der Waals surface area contributed by atoms with Gasteiger partial charge < -0.3 is 4.98 Å². The Balaban J connectivity index is 2.29. The van der Waals surface area contributed by atoms with Crippen LogP contribution in [0.1, 0.15) is 41.6 Å². The first kappa shape index (κ1) is 11.9. The Morgan fingerprint density at radius 2 is 1.94 bits per heavy atom. The van der Waals surface area contributed by atoms with E-state index in [1.807, 2.05) is 6.20 Å². The van der Waals surface area contributed by atoms with Crippen LogP contribution in [0.25, 0.3) is 0 Å². The van der Waals surface area contributed by atoms with E-state index in [1.165, 1.54) is 16.7 Å². The van der Waals surface area contributed by atoms with E-state index in [4.69, 9.17) is 0 Å². The summed E-state index contributed by atoms with van der Waals surface area (Å²) in [5.41, 5.74) is 5.44. The molecule has 0 bridgehead atoms. The molecule has 0 radical (unpaired) electrons. The van der Waals surface area contributed by atoms with E-state index in [0.29, 0.717) is 5.92 Å². The highest BCUT2D eigenvalue weighted by Gasteiger charge is 2.15. The highest BCUT2D eigenvalue weighted by molar-refractivity contribution is 5.37. The molecule has 0 saturated carbocycles. The summed E-state index contributed by atoms with van der Waals surface area (Å²) in [6.07, 6.45) is 5.92. The Labute approximate surface area is 103 Å². The average molecular weight is 228 g/mol. The largest absolute Gasteiger partial charge is 0.351 e. The summed E-state index contributed by atoms with van der Waals surface area (Å²) in [5.74, 6) is 0.569. The normalized spacial score (nSPS) is 12.6. The number of H-pyrrole nitrogens is 1. The Morgan fingerprint density at radius 1 is 1.24 bits per heavy atom. The second-order valence-electron chi connectivity index (χ2n) is 4.68. The molecule has 2 nitrogen and oxygen atoms in total. The van der Waals surface area contributed by atoms with E-state index in [2.05, 4.69) is 48.9 Å². The second kappa shape index (κ2) is 5.17. The molecule has 0 fully saturated rings. The third-order valence-electron chi connectivity index (χ3n) is 3.45. The highest BCUT2D eigenvalue weighted by Crippen LogP contribution is 2.28. The summed E-state index contributed by atoms with van der Waals surface area (Å²) < 4.78 is 0. The maximum Gasteiger partial charge on any atom is 0.0923 e. The van der Waals surface area contributed by atoms with E-state index in [9.17, 15) is 0 Å². The van der Waals surface area contributed by atoms with Crippen LogP contribution >= 0.6 is 0 Å². The topological polar surface area (TPSA) is 28.7 Å². The molecule has 1 unspecified atom stereocenters. The van der Waals surface area contributed by atoms with E-state index >= 15 is 0 Å². The molecule has 0 aliphatic carbocycles. The van der Waals surface area contributed by atoms with Crippen molar-refractivity contribution < 1.29 is 0 Å². The van der Waals surface area contributed by atoms with Gasteiger partial charge in [0.2, 0.25) is 0 Å². The van der Waals surface area contributed by atoms with Crippen LogP contribution in [0.15, 0.2) is 30.7 Å². The third kappa shape index (κ3) is 2.57. The summed E-state index contributed by atoms with van der Waals surface area (Å²) in [5, 5.41) is 0. The molecule has 2 rings (SSSR count). The van der Waals surface area contributed by atoms with Gasteiger partial charge in [-0.15, -0.1) is 0 Å². The maximum atomic E-state index is 4.33. The Hall–Kier alpha value is -1.57. The van der Waals surface area contributed by atoms with Crippen molar-refractivity contribution in [3.8, 4) is 0 Å². The fourth-order valence-corrected chi connectivity index (χ4v) is 2.58. The molecule has 0 aliphatic rings. The van der Waals surface area contributed by atoms with Gasteiger partial charge in [-0.2, -0.15) is 0 Å². The minimum Gasteiger partial charge on any atom is -0.351 e. The zero-order chi connectivity index (χ0) is 12.3. The van der Waals surface area contributed by atoms with E-state index < -0.39 is 0 Å². The number of aromatic amines is 1. The number of aromatic nitrogens is 2. The molecule has 2 aromatic rings. The molecular weight excluding hydrogens is 208 g/mol. The van der Waals surface area contributed by atoms with Crippen LogP contribution in [0.3, 0.4) is 0 Å². The first-order chi connectivity index (χ1) is 8.22. The van der Waals surface area contributed by atoms with Gasteiger partial charge in [-0.1, -0.05) is 25.1 Å². The quantitative estimate of drug-likeness (QED) is 0.848. The van der Waals surface area contributed by atoms with Crippen LogP contribution in [0.2, 0.25) is 0 Å². The lowest BCUT2D eigenvalue weighted by molar-refractivity contribution is 0.644. The zero-order valence-corrected chi connectivity index (χ0v) is 10.8. The molecule has 90 valence electrons. The van der Waals surface area contributed by atoms with Gasteiger partial charge in [-0.3, -0.25) is 0 Å². The molecule has 0 aliphatic heterocycles. The number of imidazole rings is 1. The predicted octanol–water partition coefficient (Wildman–Crippen LogP) is 3.76. The van der Waals surface area contributed by atoms with Crippen molar-refractivity contribution in [1.29, 1.82) is 0 Å². The lowest BCUT2D eigenvalue weighted by atomic mass is 9.86. The van der Waals surface area contributed by atoms with Crippen molar-refractivity contribution >= 4 is 0 Å². The van der Waals surface area contributed by atoms with Crippen LogP contribution in [-0.2, 0) is 6.42 Å². The summed E-state index contributed by atoms with van der Waals surface area (Å²) in [6.45, 7) is 6.66. The summed E-state index contributed by atoms with van der Waals surface area (Å²) >= 11 is 0. The van der Waals surface area contributed by atoms with Gasteiger partial charge in [0.25, 0.3) is 0 Å². The van der Waals surface area contributed by atoms with E-state index in [1.54, 1.807) is 6.33 Å². The molecule has 17 heavy (non-hydrogen) atoms. The van der Waals surface area contributed by atoms with Gasteiger partial charge in [-0.05, 0) is 49.3 Å². The van der Waals surface area contributed by atoms with Gasteiger partial charge in [0.15, 0.2) is 0 Å². The molecule has 1 aromatic carbocycles. The minimum atomic E-state index is 0.569. The van der Waals surface area contributed by atoms with Crippen molar-refractivity contribution in [3.05, 3.63) is 53.1 Å². The highest BCUT2D eigenvalue weighted by atomic mass is 14.9. The first-order valence-corrected chi connectivity index (χ1v) is 6.26. The molecule has 1 N–H and O–H groups in total. The zero-order valence-electron chi connectivity index (χ0n) is 10.8. The number of hydrogen-bond donors (Lipinski definition) is 1. The number of hydrogen-bond acceptors (Lipinski definition) is 1. The van der Waals surface area contributed by atoms with Crippen molar-refractivity contribution in [2.75, 3.05) is 0 Å². The third-order valence-corrected chi connectivity index (χ3v) is 3.45. The molecule has 0 amide bonds. The second-order valence-corrected chi connectivity index (χ2v) is 4.68. The van der Waals surface area contributed by atoms with Gasteiger partial charge >= 0.3 is 0 Å². The van der Waals surface area contributed by atoms with Crippen molar-refractivity contribution in [2.45, 2.75) is 39.5 Å². The minimum absolute atomic E-state index is 0.569. The number of nitrogens with zero attached hydrogens (tertiary/aromatic N) is 1. The summed E-state index contributed by atoms with van der Waals surface area (Å²) in [7, 11) is 0. The molecule has 0 saturated heterocycles. The standard InChI is InChI=1S/C15H20N2/c1-4-13(8-14-9-16-10-17-14)15-11(2)6-5-7-12(15)3/h5-7,9-10,13H,4,8H2,1-3H3,(H,16,17). The van der Waals surface area contributed by atoms with Crippen LogP contribution in [0, 0.1) is 13.8 Å². The van der Waals surface area contributed by atoms with Gasteiger partial charge in [0.1, 0.15) is 0 Å². The smallest absolute Gasteiger partial charge is 0.0923 e. The number of aryl methyl sites for hydroxylation is 2. The fraction of sp³-hybridized carbons (Fsp3) is 0.400. The van der Waals surface area contributed by atoms with Crippen LogP contribution in [-0.4, -0.2) is 9.97 Å². The van der Waals surface area contributed by atoms with Gasteiger partial charge in [-0.25, -0.2) is 4.98 Å². The molecule has 1 aromatic heterocycles. The van der Waals surface area contributed by atoms with Crippen molar-refractivity contribution in [2.24, 2.45) is 0 Å². The lowest BCUT2D eigenvalue weighted by Gasteiger charge is -2.19. The Kier molecular flexibility index (Phi) is 3.62. The van der Waals surface area contributed by atoms with Crippen LogP contribution in [0.4, 0.5) is 0 Å². The number of nitrogens with one attached hydrogen (secondary N) is 1. The molecule has 1 atom stereocenters. The fourth-order valence-electron chi connectivity index (χ4n) is 2.58. The van der Waals surface area contributed by atoms with Crippen molar-refractivity contribution in [3.63, 3.8) is 0 Å². The first-order valence-electron chi connectivity index (χ1n) is 6.26. The molecule has 2 heteroatoms. The van der Waals surface area contributed by atoms with Crippen molar-refractivity contribution in [1.82, 2.24) is 9.97 Å². The SMILES string of the molecule is CCC(Cc1c[nH]cn1)c1c(C)cccc1C. The molecule has 0 spiro atoms. The Bertz CT molecular complexity index is 451. The summed E-state index contributed by atoms with van der Waals surface area (Å²) in [6, 6.07) is 6.54. The van der Waals surface area contributed by atoms with Crippen LogP contribution < -0.4 is 0 Å². The summed E-state index contributed by atoms with van der Waals surface area (Å²) in [4.78, 5) is 7.36. The van der Waals surface area contributed by atoms with E-state index in [0.717, 1.165) is 18.5 Å². The lowest BCUT2D eigenvalue weighted by Crippen LogP contribution is -2.06. The average Bonchev–Trinajstić information content (AvgIpc) is 2.80. The number of benzene rings is 1. The maximum absolute atomic E-state index is 4.33. The van der Waals surface area contributed by atoms with Gasteiger partial charge in [0.05, 0.1) is 12.0 Å². The molecule has 1 heterocycles. The van der Waals surface area contributed by atoms with Gasteiger partial charge in [0, 0.05) is 6.20 Å². The van der Waals surface area contributed by atoms with Crippen LogP contribution in [0.5, 0.6) is 0 Å². The number of rotatable bonds is 4. The monoisotopic (exact) mass is 228 g/mol. The molecular formula is C15H20N2. The Morgan fingerprint density at radius 3 is 2.47 bits per heavy atom. The van der Waals surface area contributed by atoms with E-state index in [-0.39, 0.29) is 0 Å². The predicted molar refractivity (Wildman–Crippen MR) is 71.2 cm³/mol.